The number of nitrogens with zero attached hydrogens (tertiary/aromatic N) is 1. The quantitative estimate of drug-likeness (QED) is 0.841. The van der Waals surface area contributed by atoms with Crippen LogP contribution >= 0.6 is 0 Å². The molecule has 0 bridgehead atoms. The molecule has 1 aromatic rings. The summed E-state index contributed by atoms with van der Waals surface area (Å²) in [7, 11) is 0. The van der Waals surface area contributed by atoms with Gasteiger partial charge in [0.15, 0.2) is 0 Å². The molecular weight excluding hydrogens is 206 g/mol. The summed E-state index contributed by atoms with van der Waals surface area (Å²) in [6.07, 6.45) is -0.0312. The monoisotopic (exact) mass is 219 g/mol. The molecule has 1 aliphatic rings. The van der Waals surface area contributed by atoms with Gasteiger partial charge in [0.2, 0.25) is 0 Å². The summed E-state index contributed by atoms with van der Waals surface area (Å²) < 4.78 is 0. The maximum absolute atomic E-state index is 12.0. The van der Waals surface area contributed by atoms with E-state index in [0.29, 0.717) is 12.1 Å². The summed E-state index contributed by atoms with van der Waals surface area (Å²) in [5, 5.41) is 8.86. The van der Waals surface area contributed by atoms with Crippen LogP contribution in [0.5, 0.6) is 0 Å². The van der Waals surface area contributed by atoms with Crippen molar-refractivity contribution in [2.75, 3.05) is 6.54 Å². The molecule has 4 heteroatoms. The molecule has 0 saturated heterocycles. The molecule has 1 N–H and O–H groups in total. The Morgan fingerprint density at radius 3 is 2.75 bits per heavy atom. The molecule has 1 amide bonds. The normalized spacial score (nSPS) is 18.7. The molecule has 1 aliphatic heterocycles. The fourth-order valence-corrected chi connectivity index (χ4v) is 2.20. The second-order valence-corrected chi connectivity index (χ2v) is 3.79. The number of amides is 1. The van der Waals surface area contributed by atoms with E-state index in [0.717, 1.165) is 5.56 Å². The number of carbonyl (C=O) groups is 2. The molecule has 0 fully saturated rings. The van der Waals surface area contributed by atoms with Gasteiger partial charge in [0.25, 0.3) is 5.91 Å². The van der Waals surface area contributed by atoms with Gasteiger partial charge < -0.3 is 10.0 Å². The fourth-order valence-electron chi connectivity index (χ4n) is 2.20. The number of fused-ring (bicyclic) bond motifs is 1. The first-order valence-electron chi connectivity index (χ1n) is 5.26. The van der Waals surface area contributed by atoms with Gasteiger partial charge >= 0.3 is 5.97 Å². The summed E-state index contributed by atoms with van der Waals surface area (Å²) >= 11 is 0. The van der Waals surface area contributed by atoms with Crippen molar-refractivity contribution < 1.29 is 14.7 Å². The largest absolute Gasteiger partial charge is 0.481 e. The molecule has 0 radical (unpaired) electrons. The molecule has 84 valence electrons. The average Bonchev–Trinajstić information content (AvgIpc) is 2.52. The molecule has 0 unspecified atom stereocenters. The van der Waals surface area contributed by atoms with Crippen molar-refractivity contribution in [1.29, 1.82) is 0 Å². The number of hydrogen-bond donors (Lipinski definition) is 1. The molecule has 2 rings (SSSR count). The number of carboxylic acids is 1. The standard InChI is InChI=1S/C12H13NO3/c1-2-13-10(7-11(14)15)8-5-3-4-6-9(8)12(13)16/h3-6,10H,2,7H2,1H3,(H,14,15)/t10-/m1/s1. The maximum atomic E-state index is 12.0. The summed E-state index contributed by atoms with van der Waals surface area (Å²) in [5.41, 5.74) is 1.47. The minimum atomic E-state index is -0.882. The van der Waals surface area contributed by atoms with Crippen molar-refractivity contribution in [3.63, 3.8) is 0 Å². The third kappa shape index (κ3) is 1.56. The van der Waals surface area contributed by atoms with Gasteiger partial charge in [-0.25, -0.2) is 0 Å². The lowest BCUT2D eigenvalue weighted by molar-refractivity contribution is -0.138. The van der Waals surface area contributed by atoms with Crippen LogP contribution in [0.4, 0.5) is 0 Å². The topological polar surface area (TPSA) is 57.6 Å². The van der Waals surface area contributed by atoms with Crippen molar-refractivity contribution in [3.05, 3.63) is 35.4 Å². The van der Waals surface area contributed by atoms with Gasteiger partial charge in [-0.1, -0.05) is 18.2 Å². The minimum absolute atomic E-state index is 0.0312. The van der Waals surface area contributed by atoms with E-state index >= 15 is 0 Å². The lowest BCUT2D eigenvalue weighted by Gasteiger charge is -2.22. The Balaban J connectivity index is 2.42. The highest BCUT2D eigenvalue weighted by Gasteiger charge is 2.36. The van der Waals surface area contributed by atoms with Crippen molar-refractivity contribution in [2.24, 2.45) is 0 Å². The van der Waals surface area contributed by atoms with Crippen LogP contribution in [0.25, 0.3) is 0 Å². The number of hydrogen-bond acceptors (Lipinski definition) is 2. The third-order valence-electron chi connectivity index (χ3n) is 2.90. The smallest absolute Gasteiger partial charge is 0.305 e. The van der Waals surface area contributed by atoms with E-state index < -0.39 is 5.97 Å². The SMILES string of the molecule is CCN1C(=O)c2ccccc2[C@H]1CC(=O)O. The van der Waals surface area contributed by atoms with Crippen molar-refractivity contribution in [2.45, 2.75) is 19.4 Å². The molecule has 16 heavy (non-hydrogen) atoms. The van der Waals surface area contributed by atoms with Crippen LogP contribution in [0, 0.1) is 0 Å². The Bertz CT molecular complexity index is 442. The van der Waals surface area contributed by atoms with Crippen LogP contribution in [0.2, 0.25) is 0 Å². The predicted molar refractivity (Wildman–Crippen MR) is 58.1 cm³/mol. The van der Waals surface area contributed by atoms with E-state index in [-0.39, 0.29) is 18.4 Å². The van der Waals surface area contributed by atoms with Gasteiger partial charge in [-0.15, -0.1) is 0 Å². The Kier molecular flexibility index (Phi) is 2.64. The van der Waals surface area contributed by atoms with E-state index in [9.17, 15) is 9.59 Å². The number of aliphatic carboxylic acids is 1. The highest BCUT2D eigenvalue weighted by atomic mass is 16.4. The molecular formula is C12H13NO3. The lowest BCUT2D eigenvalue weighted by Crippen LogP contribution is -2.29. The van der Waals surface area contributed by atoms with E-state index in [2.05, 4.69) is 0 Å². The summed E-state index contributed by atoms with van der Waals surface area (Å²) in [6, 6.07) is 6.90. The zero-order valence-corrected chi connectivity index (χ0v) is 9.01. The van der Waals surface area contributed by atoms with Crippen LogP contribution < -0.4 is 0 Å². The zero-order chi connectivity index (χ0) is 11.7. The fraction of sp³-hybridized carbons (Fsp3) is 0.333. The molecule has 1 heterocycles. The molecule has 0 aromatic heterocycles. The van der Waals surface area contributed by atoms with Crippen LogP contribution in [-0.4, -0.2) is 28.4 Å². The summed E-state index contributed by atoms with van der Waals surface area (Å²) in [5.74, 6) is -0.947. The highest BCUT2D eigenvalue weighted by molar-refractivity contribution is 5.99. The number of rotatable bonds is 3. The van der Waals surface area contributed by atoms with Crippen LogP contribution in [0.3, 0.4) is 0 Å². The van der Waals surface area contributed by atoms with Crippen LogP contribution in [0.15, 0.2) is 24.3 Å². The molecule has 4 nitrogen and oxygen atoms in total. The van der Waals surface area contributed by atoms with Gasteiger partial charge in [-0.05, 0) is 18.6 Å². The zero-order valence-electron chi connectivity index (χ0n) is 9.01. The van der Waals surface area contributed by atoms with Gasteiger partial charge in [-0.2, -0.15) is 0 Å². The van der Waals surface area contributed by atoms with E-state index in [4.69, 9.17) is 5.11 Å². The van der Waals surface area contributed by atoms with E-state index in [1.807, 2.05) is 19.1 Å². The van der Waals surface area contributed by atoms with Crippen molar-refractivity contribution in [3.8, 4) is 0 Å². The summed E-state index contributed by atoms with van der Waals surface area (Å²) in [4.78, 5) is 24.4. The average molecular weight is 219 g/mol. The second kappa shape index (κ2) is 3.96. The number of carbonyl (C=O) groups excluding carboxylic acids is 1. The predicted octanol–water partition coefficient (Wildman–Crippen LogP) is 1.68. The maximum Gasteiger partial charge on any atom is 0.305 e. The van der Waals surface area contributed by atoms with Crippen LogP contribution in [0.1, 0.15) is 35.3 Å². The Labute approximate surface area is 93.5 Å². The second-order valence-electron chi connectivity index (χ2n) is 3.79. The van der Waals surface area contributed by atoms with Gasteiger partial charge in [0.05, 0.1) is 12.5 Å². The first kappa shape index (κ1) is 10.7. The highest BCUT2D eigenvalue weighted by Crippen LogP contribution is 2.35. The van der Waals surface area contributed by atoms with Gasteiger partial charge in [-0.3, -0.25) is 9.59 Å². The molecule has 0 spiro atoms. The first-order chi connectivity index (χ1) is 7.65. The third-order valence-corrected chi connectivity index (χ3v) is 2.90. The molecule has 0 aliphatic carbocycles. The van der Waals surface area contributed by atoms with Crippen LogP contribution in [-0.2, 0) is 4.79 Å². The van der Waals surface area contributed by atoms with E-state index in [1.165, 1.54) is 0 Å². The number of carboxylic acid groups (broad SMARTS) is 1. The van der Waals surface area contributed by atoms with Crippen molar-refractivity contribution in [1.82, 2.24) is 4.90 Å². The van der Waals surface area contributed by atoms with Crippen molar-refractivity contribution >= 4 is 11.9 Å². The molecule has 1 aromatic carbocycles. The lowest BCUT2D eigenvalue weighted by atomic mass is 10.0. The van der Waals surface area contributed by atoms with Gasteiger partial charge in [0.1, 0.15) is 0 Å². The minimum Gasteiger partial charge on any atom is -0.481 e. The molecule has 1 atom stereocenters. The number of benzene rings is 1. The Morgan fingerprint density at radius 1 is 1.44 bits per heavy atom. The van der Waals surface area contributed by atoms with E-state index in [1.54, 1.807) is 17.0 Å². The van der Waals surface area contributed by atoms with Gasteiger partial charge in [0, 0.05) is 12.1 Å². The Hall–Kier alpha value is -1.84. The molecule has 0 saturated carbocycles. The Morgan fingerprint density at radius 2 is 2.12 bits per heavy atom. The summed E-state index contributed by atoms with van der Waals surface area (Å²) in [6.45, 7) is 2.39. The first-order valence-corrected chi connectivity index (χ1v) is 5.26.